The molecule has 1 aliphatic rings. The number of nitrogens with two attached hydrogens (primary N) is 1. The fourth-order valence-electron chi connectivity index (χ4n) is 2.15. The highest BCUT2D eigenvalue weighted by Crippen LogP contribution is 2.32. The lowest BCUT2D eigenvalue weighted by molar-refractivity contribution is -0.384. The van der Waals surface area contributed by atoms with Gasteiger partial charge in [-0.3, -0.25) is 10.1 Å². The highest BCUT2D eigenvalue weighted by atomic mass is 19.1. The van der Waals surface area contributed by atoms with E-state index >= 15 is 0 Å². The predicted molar refractivity (Wildman–Crippen MR) is 62.4 cm³/mol. The molecule has 6 heteroatoms. The average Bonchev–Trinajstić information content (AvgIpc) is 2.77. The van der Waals surface area contributed by atoms with E-state index in [9.17, 15) is 14.5 Å². The van der Waals surface area contributed by atoms with Crippen molar-refractivity contribution in [2.24, 2.45) is 11.7 Å². The van der Waals surface area contributed by atoms with Crippen molar-refractivity contribution in [1.82, 2.24) is 0 Å². The molecule has 1 heterocycles. The van der Waals surface area contributed by atoms with Crippen LogP contribution in [0.2, 0.25) is 0 Å². The van der Waals surface area contributed by atoms with E-state index in [2.05, 4.69) is 0 Å². The summed E-state index contributed by atoms with van der Waals surface area (Å²) in [6, 6.07) is 3.68. The second-order valence-corrected chi connectivity index (χ2v) is 4.23. The largest absolute Gasteiger partial charge is 0.366 e. The fraction of sp³-hybridized carbons (Fsp3) is 0.455. The minimum atomic E-state index is -0.588. The molecule has 1 aromatic rings. The lowest BCUT2D eigenvalue weighted by atomic mass is 10.1. The number of hydrogen-bond donors (Lipinski definition) is 1. The molecular weight excluding hydrogens is 225 g/mol. The SMILES string of the molecule is NCC1CCN(c2ccc(F)cc2[N+](=O)[O-])C1. The Morgan fingerprint density at radius 1 is 1.59 bits per heavy atom. The summed E-state index contributed by atoms with van der Waals surface area (Å²) in [7, 11) is 0. The lowest BCUT2D eigenvalue weighted by Crippen LogP contribution is -2.23. The first-order valence-electron chi connectivity index (χ1n) is 5.50. The van der Waals surface area contributed by atoms with Crippen molar-refractivity contribution in [1.29, 1.82) is 0 Å². The van der Waals surface area contributed by atoms with Gasteiger partial charge in [-0.1, -0.05) is 0 Å². The van der Waals surface area contributed by atoms with Crippen molar-refractivity contribution in [3.05, 3.63) is 34.1 Å². The topological polar surface area (TPSA) is 72.4 Å². The summed E-state index contributed by atoms with van der Waals surface area (Å²) < 4.78 is 13.0. The van der Waals surface area contributed by atoms with Gasteiger partial charge >= 0.3 is 0 Å². The minimum Gasteiger partial charge on any atom is -0.366 e. The second-order valence-electron chi connectivity index (χ2n) is 4.23. The zero-order valence-electron chi connectivity index (χ0n) is 9.30. The summed E-state index contributed by atoms with van der Waals surface area (Å²) in [6.45, 7) is 2.00. The summed E-state index contributed by atoms with van der Waals surface area (Å²) in [5.41, 5.74) is 5.88. The van der Waals surface area contributed by atoms with Crippen molar-refractivity contribution in [3.63, 3.8) is 0 Å². The van der Waals surface area contributed by atoms with Crippen LogP contribution in [0, 0.1) is 21.8 Å². The molecule has 0 aliphatic carbocycles. The molecule has 2 rings (SSSR count). The number of hydrogen-bond acceptors (Lipinski definition) is 4. The smallest absolute Gasteiger partial charge is 0.295 e. The van der Waals surface area contributed by atoms with Crippen molar-refractivity contribution in [2.75, 3.05) is 24.5 Å². The standard InChI is InChI=1S/C11H14FN3O2/c12-9-1-2-10(11(5-9)15(16)17)14-4-3-8(6-13)7-14/h1-2,5,8H,3-4,6-7,13H2. The molecule has 1 aromatic carbocycles. The van der Waals surface area contributed by atoms with Crippen LogP contribution in [0.15, 0.2) is 18.2 Å². The second kappa shape index (κ2) is 4.67. The monoisotopic (exact) mass is 239 g/mol. The van der Waals surface area contributed by atoms with Crippen LogP contribution >= 0.6 is 0 Å². The molecule has 2 N–H and O–H groups in total. The van der Waals surface area contributed by atoms with Crippen molar-refractivity contribution in [2.45, 2.75) is 6.42 Å². The van der Waals surface area contributed by atoms with Gasteiger partial charge in [0.2, 0.25) is 0 Å². The molecule has 1 fully saturated rings. The molecule has 5 nitrogen and oxygen atoms in total. The first-order chi connectivity index (χ1) is 8.11. The maximum absolute atomic E-state index is 13.0. The molecule has 1 atom stereocenters. The van der Waals surface area contributed by atoms with E-state index in [1.165, 1.54) is 12.1 Å². The molecule has 0 radical (unpaired) electrons. The molecule has 1 unspecified atom stereocenters. The van der Waals surface area contributed by atoms with E-state index in [-0.39, 0.29) is 5.69 Å². The quantitative estimate of drug-likeness (QED) is 0.641. The van der Waals surface area contributed by atoms with E-state index in [1.807, 2.05) is 4.90 Å². The fourth-order valence-corrected chi connectivity index (χ4v) is 2.15. The molecular formula is C11H14FN3O2. The van der Waals surface area contributed by atoms with Crippen LogP contribution in [-0.2, 0) is 0 Å². The van der Waals surface area contributed by atoms with Crippen molar-refractivity contribution < 1.29 is 9.31 Å². The number of halogens is 1. The zero-order valence-corrected chi connectivity index (χ0v) is 9.30. The van der Waals surface area contributed by atoms with Crippen LogP contribution in [0.25, 0.3) is 0 Å². The average molecular weight is 239 g/mol. The third kappa shape index (κ3) is 2.36. The molecule has 0 bridgehead atoms. The van der Waals surface area contributed by atoms with E-state index in [0.717, 1.165) is 19.0 Å². The van der Waals surface area contributed by atoms with Crippen LogP contribution in [0.1, 0.15) is 6.42 Å². The molecule has 0 amide bonds. The summed E-state index contributed by atoms with van der Waals surface area (Å²) in [5.74, 6) is -0.227. The summed E-state index contributed by atoms with van der Waals surface area (Å²) in [4.78, 5) is 12.2. The van der Waals surface area contributed by atoms with Gasteiger partial charge in [0, 0.05) is 13.1 Å². The number of nitrogens with zero attached hydrogens (tertiary/aromatic N) is 2. The predicted octanol–water partition coefficient (Wildman–Crippen LogP) is 1.52. The Labute approximate surface area is 98.2 Å². The van der Waals surface area contributed by atoms with Gasteiger partial charge in [0.05, 0.1) is 11.0 Å². The molecule has 0 spiro atoms. The normalized spacial score (nSPS) is 19.6. The molecule has 1 saturated heterocycles. The Hall–Kier alpha value is -1.69. The highest BCUT2D eigenvalue weighted by molar-refractivity contribution is 5.63. The highest BCUT2D eigenvalue weighted by Gasteiger charge is 2.27. The number of anilines is 1. The maximum Gasteiger partial charge on any atom is 0.295 e. The van der Waals surface area contributed by atoms with Crippen molar-refractivity contribution in [3.8, 4) is 0 Å². The van der Waals surface area contributed by atoms with Crippen LogP contribution in [0.5, 0.6) is 0 Å². The van der Waals surface area contributed by atoms with Crippen LogP contribution < -0.4 is 10.6 Å². The van der Waals surface area contributed by atoms with Gasteiger partial charge in [-0.2, -0.15) is 0 Å². The van der Waals surface area contributed by atoms with Gasteiger partial charge in [-0.05, 0) is 31.0 Å². The third-order valence-electron chi connectivity index (χ3n) is 3.09. The summed E-state index contributed by atoms with van der Waals surface area (Å²) >= 11 is 0. The maximum atomic E-state index is 13.0. The van der Waals surface area contributed by atoms with E-state index in [4.69, 9.17) is 5.73 Å². The number of nitro groups is 1. The lowest BCUT2D eigenvalue weighted by Gasteiger charge is -2.18. The van der Waals surface area contributed by atoms with Gasteiger partial charge in [-0.15, -0.1) is 0 Å². The van der Waals surface area contributed by atoms with Gasteiger partial charge in [0.25, 0.3) is 5.69 Å². The Bertz CT molecular complexity index is 439. The number of rotatable bonds is 3. The molecule has 1 aliphatic heterocycles. The first kappa shape index (κ1) is 11.8. The Morgan fingerprint density at radius 3 is 2.94 bits per heavy atom. The molecule has 0 aromatic heterocycles. The summed E-state index contributed by atoms with van der Waals surface area (Å²) in [6.07, 6.45) is 0.922. The van der Waals surface area contributed by atoms with Crippen LogP contribution in [0.3, 0.4) is 0 Å². The summed E-state index contributed by atoms with van der Waals surface area (Å²) in [5, 5.41) is 10.9. The zero-order chi connectivity index (χ0) is 12.4. The Morgan fingerprint density at radius 2 is 2.35 bits per heavy atom. The minimum absolute atomic E-state index is 0.178. The van der Waals surface area contributed by atoms with Gasteiger partial charge in [0.1, 0.15) is 11.5 Å². The van der Waals surface area contributed by atoms with E-state index in [1.54, 1.807) is 0 Å². The molecule has 92 valence electrons. The van der Waals surface area contributed by atoms with Gasteiger partial charge in [-0.25, -0.2) is 4.39 Å². The Balaban J connectivity index is 2.29. The van der Waals surface area contributed by atoms with Gasteiger partial charge in [0.15, 0.2) is 0 Å². The third-order valence-corrected chi connectivity index (χ3v) is 3.09. The molecule has 17 heavy (non-hydrogen) atoms. The van der Waals surface area contributed by atoms with E-state index < -0.39 is 10.7 Å². The van der Waals surface area contributed by atoms with Crippen molar-refractivity contribution >= 4 is 11.4 Å². The van der Waals surface area contributed by atoms with Crippen LogP contribution in [-0.4, -0.2) is 24.6 Å². The van der Waals surface area contributed by atoms with Gasteiger partial charge < -0.3 is 10.6 Å². The number of nitro benzene ring substituents is 1. The van der Waals surface area contributed by atoms with Crippen LogP contribution in [0.4, 0.5) is 15.8 Å². The number of benzene rings is 1. The van der Waals surface area contributed by atoms with E-state index in [0.29, 0.717) is 24.7 Å². The molecule has 0 saturated carbocycles. The first-order valence-corrected chi connectivity index (χ1v) is 5.50. The Kier molecular flexibility index (Phi) is 3.23.